The minimum Gasteiger partial charge on any atom is -0.374 e. The fraction of sp³-hybridized carbons (Fsp3) is 0.538. The van der Waals surface area contributed by atoms with Crippen LogP contribution in [0, 0.1) is 0 Å². The number of morpholine rings is 1. The van der Waals surface area contributed by atoms with Crippen molar-refractivity contribution in [2.45, 2.75) is 19.1 Å². The lowest BCUT2D eigenvalue weighted by atomic mass is 10.1. The van der Waals surface area contributed by atoms with Gasteiger partial charge in [-0.2, -0.15) is 0 Å². The standard InChI is InChI=1S/C13H20N2O/c1-11(12-5-3-2-4-6-12)15-7-8-16-13(9-14)10-15/h2-6,11,13H,7-10,14H2,1H3/t11-,13+/m1/s1. The van der Waals surface area contributed by atoms with Crippen LogP contribution in [0.5, 0.6) is 0 Å². The fourth-order valence-corrected chi connectivity index (χ4v) is 2.18. The van der Waals surface area contributed by atoms with Gasteiger partial charge in [-0.1, -0.05) is 30.3 Å². The Morgan fingerprint density at radius 1 is 1.44 bits per heavy atom. The van der Waals surface area contributed by atoms with Crippen LogP contribution >= 0.6 is 0 Å². The van der Waals surface area contributed by atoms with Crippen molar-refractivity contribution < 1.29 is 4.74 Å². The van der Waals surface area contributed by atoms with Crippen LogP contribution in [0.3, 0.4) is 0 Å². The summed E-state index contributed by atoms with van der Waals surface area (Å²) in [4.78, 5) is 2.44. The number of rotatable bonds is 3. The molecule has 1 fully saturated rings. The molecule has 1 heterocycles. The van der Waals surface area contributed by atoms with E-state index in [0.717, 1.165) is 19.7 Å². The van der Waals surface area contributed by atoms with Crippen LogP contribution < -0.4 is 5.73 Å². The highest BCUT2D eigenvalue weighted by molar-refractivity contribution is 5.18. The highest BCUT2D eigenvalue weighted by Crippen LogP contribution is 2.21. The van der Waals surface area contributed by atoms with E-state index in [0.29, 0.717) is 12.6 Å². The summed E-state index contributed by atoms with van der Waals surface area (Å²) in [6, 6.07) is 11.0. The fourth-order valence-electron chi connectivity index (χ4n) is 2.18. The summed E-state index contributed by atoms with van der Waals surface area (Å²) in [5.41, 5.74) is 7.01. The van der Waals surface area contributed by atoms with Gasteiger partial charge in [0.05, 0.1) is 12.7 Å². The van der Waals surface area contributed by atoms with E-state index < -0.39 is 0 Å². The molecule has 0 amide bonds. The third kappa shape index (κ3) is 2.61. The highest BCUT2D eigenvalue weighted by Gasteiger charge is 2.23. The zero-order valence-electron chi connectivity index (χ0n) is 9.80. The molecule has 16 heavy (non-hydrogen) atoms. The van der Waals surface area contributed by atoms with Gasteiger partial charge in [0.25, 0.3) is 0 Å². The number of benzene rings is 1. The number of hydrogen-bond donors (Lipinski definition) is 1. The van der Waals surface area contributed by atoms with E-state index in [-0.39, 0.29) is 6.10 Å². The van der Waals surface area contributed by atoms with Gasteiger partial charge in [-0.3, -0.25) is 4.90 Å². The van der Waals surface area contributed by atoms with E-state index >= 15 is 0 Å². The second kappa shape index (κ2) is 5.43. The minimum atomic E-state index is 0.194. The van der Waals surface area contributed by atoms with Crippen molar-refractivity contribution in [3.63, 3.8) is 0 Å². The summed E-state index contributed by atoms with van der Waals surface area (Å²) in [5, 5.41) is 0. The Morgan fingerprint density at radius 2 is 2.19 bits per heavy atom. The highest BCUT2D eigenvalue weighted by atomic mass is 16.5. The molecule has 2 N–H and O–H groups in total. The van der Waals surface area contributed by atoms with Crippen molar-refractivity contribution in [2.75, 3.05) is 26.2 Å². The monoisotopic (exact) mass is 220 g/mol. The molecule has 0 radical (unpaired) electrons. The second-order valence-corrected chi connectivity index (χ2v) is 4.31. The third-order valence-electron chi connectivity index (χ3n) is 3.26. The van der Waals surface area contributed by atoms with Crippen LogP contribution in [0.2, 0.25) is 0 Å². The Bertz CT molecular complexity index is 315. The van der Waals surface area contributed by atoms with Crippen LogP contribution in [0.15, 0.2) is 30.3 Å². The van der Waals surface area contributed by atoms with Crippen LogP contribution in [0.4, 0.5) is 0 Å². The minimum absolute atomic E-state index is 0.194. The van der Waals surface area contributed by atoms with Gasteiger partial charge in [0.1, 0.15) is 0 Å². The molecule has 1 aromatic rings. The summed E-state index contributed by atoms with van der Waals surface area (Å²) in [6.45, 7) is 5.57. The van der Waals surface area contributed by atoms with E-state index in [4.69, 9.17) is 10.5 Å². The zero-order valence-corrected chi connectivity index (χ0v) is 9.80. The normalized spacial score (nSPS) is 24.2. The smallest absolute Gasteiger partial charge is 0.0824 e. The molecule has 0 unspecified atom stereocenters. The van der Waals surface area contributed by atoms with Gasteiger partial charge in [0.2, 0.25) is 0 Å². The molecule has 2 atom stereocenters. The maximum absolute atomic E-state index is 5.65. The van der Waals surface area contributed by atoms with Crippen molar-refractivity contribution in [1.29, 1.82) is 0 Å². The maximum atomic E-state index is 5.65. The average molecular weight is 220 g/mol. The van der Waals surface area contributed by atoms with Crippen molar-refractivity contribution >= 4 is 0 Å². The first-order chi connectivity index (χ1) is 7.81. The van der Waals surface area contributed by atoms with Gasteiger partial charge in [0, 0.05) is 25.7 Å². The van der Waals surface area contributed by atoms with E-state index in [1.165, 1.54) is 5.56 Å². The Hall–Kier alpha value is -0.900. The number of nitrogens with two attached hydrogens (primary N) is 1. The van der Waals surface area contributed by atoms with Gasteiger partial charge in [0.15, 0.2) is 0 Å². The lowest BCUT2D eigenvalue weighted by Crippen LogP contribution is -2.46. The molecule has 0 aromatic heterocycles. The van der Waals surface area contributed by atoms with Crippen LogP contribution in [0.1, 0.15) is 18.5 Å². The molecular weight excluding hydrogens is 200 g/mol. The lowest BCUT2D eigenvalue weighted by molar-refractivity contribution is -0.0364. The molecule has 0 bridgehead atoms. The van der Waals surface area contributed by atoms with Crippen molar-refractivity contribution in [1.82, 2.24) is 4.90 Å². The predicted octanol–water partition coefficient (Wildman–Crippen LogP) is 1.41. The molecule has 2 rings (SSSR count). The molecule has 88 valence electrons. The van der Waals surface area contributed by atoms with Gasteiger partial charge >= 0.3 is 0 Å². The first-order valence-electron chi connectivity index (χ1n) is 5.92. The largest absolute Gasteiger partial charge is 0.374 e. The van der Waals surface area contributed by atoms with Crippen molar-refractivity contribution in [3.05, 3.63) is 35.9 Å². The predicted molar refractivity (Wildman–Crippen MR) is 65.2 cm³/mol. The molecular formula is C13H20N2O. The average Bonchev–Trinajstić information content (AvgIpc) is 2.39. The van der Waals surface area contributed by atoms with Gasteiger partial charge in [-0.05, 0) is 12.5 Å². The van der Waals surface area contributed by atoms with Crippen molar-refractivity contribution in [2.24, 2.45) is 5.73 Å². The number of hydrogen-bond acceptors (Lipinski definition) is 3. The molecule has 1 aromatic carbocycles. The molecule has 0 spiro atoms. The first kappa shape index (κ1) is 11.6. The third-order valence-corrected chi connectivity index (χ3v) is 3.26. The molecule has 1 aliphatic heterocycles. The Kier molecular flexibility index (Phi) is 3.93. The topological polar surface area (TPSA) is 38.5 Å². The van der Waals surface area contributed by atoms with Crippen LogP contribution in [-0.2, 0) is 4.74 Å². The Labute approximate surface area is 97.2 Å². The van der Waals surface area contributed by atoms with E-state index in [2.05, 4.69) is 42.2 Å². The summed E-state index contributed by atoms with van der Waals surface area (Å²) < 4.78 is 5.58. The number of ether oxygens (including phenoxy) is 1. The quantitative estimate of drug-likeness (QED) is 0.837. The van der Waals surface area contributed by atoms with E-state index in [1.807, 2.05) is 0 Å². The van der Waals surface area contributed by atoms with Gasteiger partial charge in [-0.25, -0.2) is 0 Å². The van der Waals surface area contributed by atoms with Crippen LogP contribution in [0.25, 0.3) is 0 Å². The van der Waals surface area contributed by atoms with Gasteiger partial charge < -0.3 is 10.5 Å². The zero-order chi connectivity index (χ0) is 11.4. The SMILES string of the molecule is C[C@H](c1ccccc1)N1CCO[C@@H](CN)C1. The molecule has 0 saturated carbocycles. The van der Waals surface area contributed by atoms with E-state index in [9.17, 15) is 0 Å². The molecule has 3 heteroatoms. The Morgan fingerprint density at radius 3 is 2.88 bits per heavy atom. The van der Waals surface area contributed by atoms with E-state index in [1.54, 1.807) is 0 Å². The lowest BCUT2D eigenvalue weighted by Gasteiger charge is -2.36. The summed E-state index contributed by atoms with van der Waals surface area (Å²) in [6.07, 6.45) is 0.194. The summed E-state index contributed by atoms with van der Waals surface area (Å²) in [5.74, 6) is 0. The van der Waals surface area contributed by atoms with Crippen LogP contribution in [-0.4, -0.2) is 37.2 Å². The molecule has 3 nitrogen and oxygen atoms in total. The molecule has 0 aliphatic carbocycles. The first-order valence-corrected chi connectivity index (χ1v) is 5.92. The summed E-state index contributed by atoms with van der Waals surface area (Å²) in [7, 11) is 0. The maximum Gasteiger partial charge on any atom is 0.0824 e. The Balaban J connectivity index is 2.01. The van der Waals surface area contributed by atoms with Gasteiger partial charge in [-0.15, -0.1) is 0 Å². The summed E-state index contributed by atoms with van der Waals surface area (Å²) >= 11 is 0. The van der Waals surface area contributed by atoms with Crippen molar-refractivity contribution in [3.8, 4) is 0 Å². The number of nitrogens with zero attached hydrogens (tertiary/aromatic N) is 1. The molecule has 1 saturated heterocycles. The molecule has 1 aliphatic rings. The second-order valence-electron chi connectivity index (χ2n) is 4.31.